The molecule has 2 aromatic heterocycles. The van der Waals surface area contributed by atoms with Crippen LogP contribution in [0.1, 0.15) is 17.7 Å². The van der Waals surface area contributed by atoms with E-state index in [9.17, 15) is 5.11 Å². The van der Waals surface area contributed by atoms with E-state index in [0.717, 1.165) is 41.2 Å². The molecule has 1 aromatic carbocycles. The Labute approximate surface area is 193 Å². The van der Waals surface area contributed by atoms with Crippen molar-refractivity contribution in [1.82, 2.24) is 19.8 Å². The zero-order chi connectivity index (χ0) is 22.1. The first-order chi connectivity index (χ1) is 15.6. The lowest BCUT2D eigenvalue weighted by Crippen LogP contribution is -2.41. The third-order valence-corrected chi connectivity index (χ3v) is 7.64. The zero-order valence-corrected chi connectivity index (χ0v) is 19.6. The maximum atomic E-state index is 9.96. The van der Waals surface area contributed by atoms with Gasteiger partial charge in [0, 0.05) is 36.1 Å². The van der Waals surface area contributed by atoms with Crippen LogP contribution in [-0.4, -0.2) is 84.4 Å². The summed E-state index contributed by atoms with van der Waals surface area (Å²) in [7, 11) is 4.45. The van der Waals surface area contributed by atoms with Gasteiger partial charge >= 0.3 is 0 Å². The summed E-state index contributed by atoms with van der Waals surface area (Å²) in [4.78, 5) is 18.4. The number of phenols is 1. The fourth-order valence-electron chi connectivity index (χ4n) is 4.62. The van der Waals surface area contributed by atoms with Gasteiger partial charge in [0.25, 0.3) is 0 Å². The zero-order valence-electron chi connectivity index (χ0n) is 18.8. The lowest BCUT2D eigenvalue weighted by Gasteiger charge is -2.34. The quantitative estimate of drug-likeness (QED) is 0.635. The summed E-state index contributed by atoms with van der Waals surface area (Å²) in [6.45, 7) is 6.35. The molecule has 2 saturated heterocycles. The smallest absolute Gasteiger partial charge is 0.162 e. The minimum atomic E-state index is 0.227. The Hall–Kier alpha value is -2.26. The highest BCUT2D eigenvalue weighted by Gasteiger charge is 2.23. The fourth-order valence-corrected chi connectivity index (χ4v) is 5.79. The molecule has 2 fully saturated rings. The Bertz CT molecular complexity index is 1070. The van der Waals surface area contributed by atoms with E-state index in [0.29, 0.717) is 25.1 Å². The highest BCUT2D eigenvalue weighted by atomic mass is 32.1. The van der Waals surface area contributed by atoms with Crippen molar-refractivity contribution < 1.29 is 9.84 Å². The van der Waals surface area contributed by atoms with Gasteiger partial charge in [-0.2, -0.15) is 0 Å². The molecule has 0 bridgehead atoms. The van der Waals surface area contributed by atoms with Crippen LogP contribution in [0.2, 0.25) is 0 Å². The minimum absolute atomic E-state index is 0.227. The number of anilines is 1. The van der Waals surface area contributed by atoms with Gasteiger partial charge in [-0.15, -0.1) is 11.3 Å². The number of aromatic hydroxyl groups is 1. The number of ether oxygens (including phenoxy) is 1. The van der Waals surface area contributed by atoms with Crippen molar-refractivity contribution in [2.45, 2.75) is 25.4 Å². The second kappa shape index (κ2) is 9.31. The number of nitrogens with zero attached hydrogens (tertiary/aromatic N) is 5. The molecular formula is C24H31N5O2S. The van der Waals surface area contributed by atoms with Gasteiger partial charge in [-0.25, -0.2) is 9.97 Å². The Morgan fingerprint density at radius 3 is 2.66 bits per heavy atom. The van der Waals surface area contributed by atoms with Crippen molar-refractivity contribution in [3.8, 4) is 17.1 Å². The molecule has 1 N–H and O–H groups in total. The summed E-state index contributed by atoms with van der Waals surface area (Å²) >= 11 is 1.81. The molecule has 0 saturated carbocycles. The van der Waals surface area contributed by atoms with Crippen molar-refractivity contribution in [1.29, 1.82) is 0 Å². The van der Waals surface area contributed by atoms with Crippen LogP contribution in [-0.2, 0) is 11.3 Å². The summed E-state index contributed by atoms with van der Waals surface area (Å²) < 4.78 is 6.71. The normalized spacial score (nSPS) is 18.7. The third kappa shape index (κ3) is 4.59. The maximum absolute atomic E-state index is 9.96. The molecule has 0 spiro atoms. The molecule has 170 valence electrons. The second-order valence-corrected chi connectivity index (χ2v) is 10.0. The molecule has 0 atom stereocenters. The maximum Gasteiger partial charge on any atom is 0.162 e. The van der Waals surface area contributed by atoms with E-state index in [1.165, 1.54) is 30.8 Å². The van der Waals surface area contributed by atoms with Crippen molar-refractivity contribution >= 4 is 27.4 Å². The molecule has 0 radical (unpaired) electrons. The van der Waals surface area contributed by atoms with Crippen LogP contribution in [0.3, 0.4) is 0 Å². The summed E-state index contributed by atoms with van der Waals surface area (Å²) in [6.07, 6.45) is 2.44. The third-order valence-electron chi connectivity index (χ3n) is 6.54. The Morgan fingerprint density at radius 2 is 1.91 bits per heavy atom. The first-order valence-electron chi connectivity index (χ1n) is 11.4. The predicted octanol–water partition coefficient (Wildman–Crippen LogP) is 3.43. The van der Waals surface area contributed by atoms with Gasteiger partial charge < -0.3 is 19.6 Å². The highest BCUT2D eigenvalue weighted by Crippen LogP contribution is 2.35. The second-order valence-electron chi connectivity index (χ2n) is 8.90. The van der Waals surface area contributed by atoms with Crippen LogP contribution in [0.25, 0.3) is 21.6 Å². The van der Waals surface area contributed by atoms with E-state index in [1.54, 1.807) is 12.1 Å². The Balaban J connectivity index is 1.48. The van der Waals surface area contributed by atoms with E-state index in [2.05, 4.69) is 34.9 Å². The van der Waals surface area contributed by atoms with Crippen molar-refractivity contribution in [2.75, 3.05) is 58.4 Å². The van der Waals surface area contributed by atoms with Gasteiger partial charge in [-0.1, -0.05) is 12.1 Å². The lowest BCUT2D eigenvalue weighted by molar-refractivity contribution is 0.122. The number of likely N-dealkylation sites (tertiary alicyclic amines) is 1. The van der Waals surface area contributed by atoms with E-state index in [-0.39, 0.29) is 5.75 Å². The van der Waals surface area contributed by atoms with Crippen LogP contribution < -0.4 is 4.90 Å². The minimum Gasteiger partial charge on any atom is -0.508 e. The average Bonchev–Trinajstić information content (AvgIpc) is 3.21. The highest BCUT2D eigenvalue weighted by molar-refractivity contribution is 7.19. The number of piperidine rings is 1. The van der Waals surface area contributed by atoms with Gasteiger partial charge in [0.2, 0.25) is 0 Å². The Morgan fingerprint density at radius 1 is 1.12 bits per heavy atom. The van der Waals surface area contributed by atoms with Gasteiger partial charge in [-0.3, -0.25) is 4.90 Å². The number of thiophene rings is 1. The first-order valence-corrected chi connectivity index (χ1v) is 12.2. The van der Waals surface area contributed by atoms with Gasteiger partial charge in [0.1, 0.15) is 5.75 Å². The van der Waals surface area contributed by atoms with E-state index >= 15 is 0 Å². The van der Waals surface area contributed by atoms with Crippen LogP contribution >= 0.6 is 11.3 Å². The predicted molar refractivity (Wildman–Crippen MR) is 130 cm³/mol. The number of benzene rings is 1. The SMILES string of the molecule is CN1CCC(N(C)Cc2cc3nc(-c4cccc(O)c4)nc(N4CCOCC4)c3s2)CC1. The summed E-state index contributed by atoms with van der Waals surface area (Å²) in [5.41, 5.74) is 1.81. The largest absolute Gasteiger partial charge is 0.508 e. The van der Waals surface area contributed by atoms with Gasteiger partial charge in [-0.05, 0) is 58.2 Å². The molecule has 0 aliphatic carbocycles. The number of hydrogen-bond donors (Lipinski definition) is 1. The fraction of sp³-hybridized carbons (Fsp3) is 0.500. The molecule has 2 aliphatic heterocycles. The number of hydrogen-bond acceptors (Lipinski definition) is 8. The molecular weight excluding hydrogens is 422 g/mol. The number of aromatic nitrogens is 2. The average molecular weight is 454 g/mol. The van der Waals surface area contributed by atoms with Crippen LogP contribution in [0.4, 0.5) is 5.82 Å². The molecule has 8 heteroatoms. The molecule has 2 aliphatic rings. The topological polar surface area (TPSA) is 65.0 Å². The number of rotatable bonds is 5. The van der Waals surface area contributed by atoms with E-state index in [1.807, 2.05) is 23.5 Å². The molecule has 7 nitrogen and oxygen atoms in total. The van der Waals surface area contributed by atoms with Crippen LogP contribution in [0.15, 0.2) is 30.3 Å². The van der Waals surface area contributed by atoms with Crippen molar-refractivity contribution in [3.63, 3.8) is 0 Å². The monoisotopic (exact) mass is 453 g/mol. The summed E-state index contributed by atoms with van der Waals surface area (Å²) in [6, 6.07) is 10.0. The lowest BCUT2D eigenvalue weighted by atomic mass is 10.0. The van der Waals surface area contributed by atoms with Crippen molar-refractivity contribution in [3.05, 3.63) is 35.2 Å². The first kappa shape index (κ1) is 21.6. The van der Waals surface area contributed by atoms with E-state index in [4.69, 9.17) is 14.7 Å². The molecule has 3 aromatic rings. The van der Waals surface area contributed by atoms with Gasteiger partial charge in [0.05, 0.1) is 23.4 Å². The molecule has 5 rings (SSSR count). The number of phenolic OH excluding ortho intramolecular Hbond substituents is 1. The molecule has 4 heterocycles. The van der Waals surface area contributed by atoms with Crippen molar-refractivity contribution in [2.24, 2.45) is 0 Å². The number of fused-ring (bicyclic) bond motifs is 1. The summed E-state index contributed by atoms with van der Waals surface area (Å²) in [5.74, 6) is 1.86. The Kier molecular flexibility index (Phi) is 6.28. The molecule has 0 amide bonds. The van der Waals surface area contributed by atoms with Crippen LogP contribution in [0, 0.1) is 0 Å². The number of morpholine rings is 1. The van der Waals surface area contributed by atoms with Crippen LogP contribution in [0.5, 0.6) is 5.75 Å². The standard InChI is InChI=1S/C24H31N5O2S/c1-27-8-6-18(7-9-27)28(2)16-20-15-21-22(32-20)24(29-10-12-31-13-11-29)26-23(25-21)17-4-3-5-19(30)14-17/h3-5,14-15,18,30H,6-13,16H2,1-2H3. The van der Waals surface area contributed by atoms with Gasteiger partial charge in [0.15, 0.2) is 11.6 Å². The summed E-state index contributed by atoms with van der Waals surface area (Å²) in [5, 5.41) is 9.96. The van der Waals surface area contributed by atoms with E-state index < -0.39 is 0 Å². The molecule has 0 unspecified atom stereocenters. The molecule has 32 heavy (non-hydrogen) atoms.